The summed E-state index contributed by atoms with van der Waals surface area (Å²) in [5.74, 6) is -3.32. The molecule has 8 N–H and O–H groups in total. The van der Waals surface area contributed by atoms with E-state index in [1.165, 1.54) is 6.07 Å². The Hall–Kier alpha value is -2.39. The van der Waals surface area contributed by atoms with E-state index in [1.807, 2.05) is 0 Å². The summed E-state index contributed by atoms with van der Waals surface area (Å²) >= 11 is 0. The van der Waals surface area contributed by atoms with Crippen LogP contribution in [-0.4, -0.2) is 77.8 Å². The number of aliphatic carboxylic acids is 2. The third kappa shape index (κ3) is 5.80. The number of ether oxygens (including phenoxy) is 1. The van der Waals surface area contributed by atoms with Crippen LogP contribution < -0.4 is 16.5 Å². The first-order valence-corrected chi connectivity index (χ1v) is 9.55. The highest BCUT2D eigenvalue weighted by molar-refractivity contribution is 7.50. The summed E-state index contributed by atoms with van der Waals surface area (Å²) in [5.41, 5.74) is 4.48. The number of carbonyl (C=O) groups is 2. The van der Waals surface area contributed by atoms with Crippen molar-refractivity contribution < 1.29 is 48.7 Å². The average Bonchev–Trinajstić information content (AvgIpc) is 2.87. The first kappa shape index (κ1) is 22.9. The zero-order chi connectivity index (χ0) is 21.9. The number of carboxylic acid groups (broad SMARTS) is 2. The van der Waals surface area contributed by atoms with Gasteiger partial charge in [0.1, 0.15) is 30.2 Å². The van der Waals surface area contributed by atoms with Gasteiger partial charge in [-0.05, 0) is 6.07 Å². The molecule has 1 aliphatic rings. The number of nitrogens with one attached hydrogen (secondary N) is 1. The number of nitrogens with two attached hydrogens (primary N) is 1. The Morgan fingerprint density at radius 2 is 2.03 bits per heavy atom. The Morgan fingerprint density at radius 1 is 1.38 bits per heavy atom. The van der Waals surface area contributed by atoms with E-state index >= 15 is 0 Å². The smallest absolute Gasteiger partial charge is 0.403 e. The van der Waals surface area contributed by atoms with Gasteiger partial charge in [0.2, 0.25) is 0 Å². The van der Waals surface area contributed by atoms with Crippen molar-refractivity contribution >= 4 is 25.5 Å². The molecular formula is C13H19N4O11P. The Labute approximate surface area is 161 Å². The molecule has 1 saturated heterocycles. The quantitative estimate of drug-likeness (QED) is 0.191. The van der Waals surface area contributed by atoms with Gasteiger partial charge in [-0.1, -0.05) is 0 Å². The van der Waals surface area contributed by atoms with Crippen molar-refractivity contribution in [3.05, 3.63) is 22.7 Å². The van der Waals surface area contributed by atoms with Gasteiger partial charge in [-0.3, -0.25) is 18.7 Å². The van der Waals surface area contributed by atoms with Gasteiger partial charge in [0.25, 0.3) is 0 Å². The lowest BCUT2D eigenvalue weighted by Crippen LogP contribution is -2.38. The molecule has 0 aromatic carbocycles. The van der Waals surface area contributed by atoms with E-state index in [1.54, 1.807) is 5.09 Å². The summed E-state index contributed by atoms with van der Waals surface area (Å²) < 4.78 is 22.8. The highest BCUT2D eigenvalue weighted by Gasteiger charge is 2.45. The van der Waals surface area contributed by atoms with Crippen LogP contribution in [0.5, 0.6) is 0 Å². The third-order valence-corrected chi connectivity index (χ3v) is 5.01. The molecule has 0 radical (unpaired) electrons. The standard InChI is InChI=1S/C13H19N4O11P/c14-7-1-2-17(13(24)15-7)11-10(21)9(20)6(28-11)4-27-29(25,26)16-5(12(22)23)3-8(18)19/h1-2,5-6,9-11,20-21H,3-4H2,(H,18,19)(H,22,23)(H2,14,15,24)(H2,16,25,26)/t5-,6+,9+,10+,11?/m0/s1. The molecule has 6 atom stereocenters. The predicted molar refractivity (Wildman–Crippen MR) is 91.4 cm³/mol. The monoisotopic (exact) mass is 438 g/mol. The van der Waals surface area contributed by atoms with Gasteiger partial charge in [0, 0.05) is 6.20 Å². The highest BCUT2D eigenvalue weighted by atomic mass is 31.2. The number of carboxylic acids is 2. The lowest BCUT2D eigenvalue weighted by molar-refractivity contribution is -0.145. The van der Waals surface area contributed by atoms with Gasteiger partial charge in [0.15, 0.2) is 6.23 Å². The lowest BCUT2D eigenvalue weighted by atomic mass is 10.1. The van der Waals surface area contributed by atoms with Gasteiger partial charge < -0.3 is 35.8 Å². The first-order chi connectivity index (χ1) is 13.4. The molecule has 1 fully saturated rings. The molecule has 162 valence electrons. The third-order valence-electron chi connectivity index (χ3n) is 3.87. The minimum Gasteiger partial charge on any atom is -0.481 e. The van der Waals surface area contributed by atoms with E-state index in [0.29, 0.717) is 0 Å². The molecule has 29 heavy (non-hydrogen) atoms. The summed E-state index contributed by atoms with van der Waals surface area (Å²) in [6.07, 6.45) is -5.89. The topological polar surface area (TPSA) is 244 Å². The molecule has 0 aliphatic carbocycles. The van der Waals surface area contributed by atoms with Crippen molar-refractivity contribution in [2.24, 2.45) is 0 Å². The number of rotatable bonds is 9. The van der Waals surface area contributed by atoms with Crippen molar-refractivity contribution in [3.63, 3.8) is 0 Å². The lowest BCUT2D eigenvalue weighted by Gasteiger charge is -2.20. The summed E-state index contributed by atoms with van der Waals surface area (Å²) in [5, 5.41) is 39.3. The zero-order valence-corrected chi connectivity index (χ0v) is 15.5. The average molecular weight is 438 g/mol. The Balaban J connectivity index is 2.04. The van der Waals surface area contributed by atoms with E-state index in [2.05, 4.69) is 9.51 Å². The number of nitrogens with zero attached hydrogens (tertiary/aromatic N) is 2. The number of aromatic nitrogens is 2. The number of hydrogen-bond donors (Lipinski definition) is 7. The second-order valence-electron chi connectivity index (χ2n) is 6.02. The number of anilines is 1. The second-order valence-corrected chi connectivity index (χ2v) is 7.58. The fourth-order valence-corrected chi connectivity index (χ4v) is 3.51. The Kier molecular flexibility index (Phi) is 7.07. The molecule has 1 aromatic heterocycles. The largest absolute Gasteiger partial charge is 0.481 e. The zero-order valence-electron chi connectivity index (χ0n) is 14.6. The van der Waals surface area contributed by atoms with Gasteiger partial charge in [-0.25, -0.2) is 14.4 Å². The van der Waals surface area contributed by atoms with Crippen LogP contribution in [0.2, 0.25) is 0 Å². The number of aliphatic hydroxyl groups excluding tert-OH is 2. The minimum absolute atomic E-state index is 0.0826. The number of nitrogen functional groups attached to an aromatic ring is 1. The highest BCUT2D eigenvalue weighted by Crippen LogP contribution is 2.39. The fourth-order valence-electron chi connectivity index (χ4n) is 2.49. The van der Waals surface area contributed by atoms with Crippen LogP contribution in [0.15, 0.2) is 17.1 Å². The maximum absolute atomic E-state index is 12.0. The van der Waals surface area contributed by atoms with Crippen LogP contribution in [-0.2, 0) is 23.4 Å². The molecule has 0 bridgehead atoms. The SMILES string of the molecule is Nc1ccn(C2O[C@H](COP(=O)(O)N[C@@H](CC(=O)O)C(=O)O)[C@@H](O)[C@H]2O)c(=O)n1. The van der Waals surface area contributed by atoms with Crippen molar-refractivity contribution in [2.75, 3.05) is 12.3 Å². The van der Waals surface area contributed by atoms with E-state index in [9.17, 15) is 34.1 Å². The van der Waals surface area contributed by atoms with Gasteiger partial charge in [-0.15, -0.1) is 0 Å². The molecule has 1 aliphatic heterocycles. The summed E-state index contributed by atoms with van der Waals surface area (Å²) in [7, 11) is -4.83. The molecule has 1 aromatic rings. The van der Waals surface area contributed by atoms with E-state index in [4.69, 9.17) is 20.7 Å². The van der Waals surface area contributed by atoms with Crippen molar-refractivity contribution in [1.29, 1.82) is 0 Å². The normalized spacial score (nSPS) is 27.3. The molecule has 0 amide bonds. The van der Waals surface area contributed by atoms with Crippen molar-refractivity contribution in [3.8, 4) is 0 Å². The first-order valence-electron chi connectivity index (χ1n) is 7.97. The molecule has 0 spiro atoms. The van der Waals surface area contributed by atoms with Crippen molar-refractivity contribution in [1.82, 2.24) is 14.6 Å². The molecule has 2 unspecified atom stereocenters. The molecule has 15 nitrogen and oxygen atoms in total. The van der Waals surface area contributed by atoms with Crippen LogP contribution in [0, 0.1) is 0 Å². The molecule has 2 heterocycles. The molecule has 16 heteroatoms. The Morgan fingerprint density at radius 3 is 2.59 bits per heavy atom. The van der Waals surface area contributed by atoms with E-state index in [0.717, 1.165) is 10.8 Å². The van der Waals surface area contributed by atoms with Gasteiger partial charge in [-0.2, -0.15) is 4.98 Å². The number of aliphatic hydroxyl groups is 2. The van der Waals surface area contributed by atoms with Gasteiger partial charge in [0.05, 0.1) is 13.0 Å². The number of hydrogen-bond acceptors (Lipinski definition) is 10. The Bertz CT molecular complexity index is 877. The summed E-state index contributed by atoms with van der Waals surface area (Å²) in [4.78, 5) is 46.6. The van der Waals surface area contributed by atoms with E-state index in [-0.39, 0.29) is 5.82 Å². The molecule has 0 saturated carbocycles. The fraction of sp³-hybridized carbons (Fsp3) is 0.538. The van der Waals surface area contributed by atoms with E-state index < -0.39 is 69.0 Å². The maximum Gasteiger partial charge on any atom is 0.403 e. The van der Waals surface area contributed by atoms with Gasteiger partial charge >= 0.3 is 25.4 Å². The van der Waals surface area contributed by atoms with Crippen LogP contribution in [0.25, 0.3) is 0 Å². The summed E-state index contributed by atoms with van der Waals surface area (Å²) in [6.45, 7) is -0.800. The van der Waals surface area contributed by atoms with Crippen LogP contribution in [0.3, 0.4) is 0 Å². The minimum atomic E-state index is -4.83. The van der Waals surface area contributed by atoms with Crippen LogP contribution in [0.1, 0.15) is 12.6 Å². The van der Waals surface area contributed by atoms with Crippen LogP contribution >= 0.6 is 7.75 Å². The van der Waals surface area contributed by atoms with Crippen LogP contribution in [0.4, 0.5) is 5.82 Å². The summed E-state index contributed by atoms with van der Waals surface area (Å²) in [6, 6.07) is -0.677. The maximum atomic E-state index is 12.0. The second kappa shape index (κ2) is 8.96. The molecular weight excluding hydrogens is 419 g/mol. The van der Waals surface area contributed by atoms with Crippen molar-refractivity contribution in [2.45, 2.75) is 37.0 Å². The predicted octanol–water partition coefficient (Wildman–Crippen LogP) is -2.92. The molecule has 2 rings (SSSR count).